The van der Waals surface area contributed by atoms with Crippen molar-refractivity contribution in [3.8, 4) is 16.9 Å². The molecular formula is C28H24F5N3O3. The molecule has 1 aliphatic heterocycles. The summed E-state index contributed by atoms with van der Waals surface area (Å²) in [7, 11) is 0. The van der Waals surface area contributed by atoms with Crippen molar-refractivity contribution in [3.63, 3.8) is 0 Å². The number of nitrogen functional groups attached to an aromatic ring is 1. The highest BCUT2D eigenvalue weighted by atomic mass is 19.4. The number of benzene rings is 2. The van der Waals surface area contributed by atoms with Crippen LogP contribution in [0.25, 0.3) is 17.2 Å². The van der Waals surface area contributed by atoms with E-state index in [1.807, 2.05) is 0 Å². The van der Waals surface area contributed by atoms with E-state index in [-0.39, 0.29) is 42.1 Å². The van der Waals surface area contributed by atoms with Gasteiger partial charge in [-0.3, -0.25) is 9.59 Å². The number of hydrogen-bond acceptors (Lipinski definition) is 5. The number of nitrogens with two attached hydrogens (primary N) is 1. The van der Waals surface area contributed by atoms with E-state index in [4.69, 9.17) is 10.5 Å². The molecule has 0 saturated carbocycles. The lowest BCUT2D eigenvalue weighted by Crippen LogP contribution is -2.58. The molecule has 2 aromatic carbocycles. The number of anilines is 1. The van der Waals surface area contributed by atoms with Gasteiger partial charge in [0.05, 0.1) is 25.3 Å². The zero-order chi connectivity index (χ0) is 28.2. The molecule has 1 aliphatic rings. The molecule has 1 amide bonds. The fourth-order valence-corrected chi connectivity index (χ4v) is 3.92. The third-order valence-electron chi connectivity index (χ3n) is 5.98. The van der Waals surface area contributed by atoms with Gasteiger partial charge >= 0.3 is 6.18 Å². The number of ether oxygens (including phenoxy) is 1. The molecule has 0 radical (unpaired) electrons. The summed E-state index contributed by atoms with van der Waals surface area (Å²) in [6, 6.07) is 12.6. The van der Waals surface area contributed by atoms with Crippen molar-refractivity contribution in [2.24, 2.45) is 0 Å². The molecule has 4 rings (SSSR count). The first-order chi connectivity index (χ1) is 18.4. The van der Waals surface area contributed by atoms with Gasteiger partial charge in [-0.1, -0.05) is 18.2 Å². The molecule has 0 unspecified atom stereocenters. The number of amides is 1. The standard InChI is InChI=1S/C28H24F5N3O3/c29-27(30)16-36(17-27)26(38)20-7-5-19(6-8-20)21-9-11-24(23(14-21)28(31,32)33)39-13-1-2-22(37)10-3-18-4-12-25(34)35-15-18/h3-12,14-15H,1-2,13,16-17H2,(H2,34,35)/b10-3+. The van der Waals surface area contributed by atoms with Crippen LogP contribution in [0.5, 0.6) is 5.75 Å². The summed E-state index contributed by atoms with van der Waals surface area (Å²) >= 11 is 0. The average Bonchev–Trinajstić information content (AvgIpc) is 2.88. The molecule has 1 fully saturated rings. The van der Waals surface area contributed by atoms with E-state index in [9.17, 15) is 31.5 Å². The topological polar surface area (TPSA) is 85.5 Å². The second-order valence-electron chi connectivity index (χ2n) is 9.07. The minimum absolute atomic E-state index is 0.0818. The Hall–Kier alpha value is -4.28. The van der Waals surface area contributed by atoms with Crippen LogP contribution in [0.15, 0.2) is 66.9 Å². The van der Waals surface area contributed by atoms with Crippen LogP contribution in [0.2, 0.25) is 0 Å². The van der Waals surface area contributed by atoms with Crippen molar-refractivity contribution < 1.29 is 36.3 Å². The van der Waals surface area contributed by atoms with Crippen LogP contribution < -0.4 is 10.5 Å². The predicted molar refractivity (Wildman–Crippen MR) is 135 cm³/mol. The average molecular weight is 546 g/mol. The summed E-state index contributed by atoms with van der Waals surface area (Å²) in [6.07, 6.45) is 0.0348. The normalized spacial score (nSPS) is 14.7. The van der Waals surface area contributed by atoms with Gasteiger partial charge < -0.3 is 15.4 Å². The number of ketones is 1. The van der Waals surface area contributed by atoms with E-state index >= 15 is 0 Å². The molecule has 6 nitrogen and oxygen atoms in total. The van der Waals surface area contributed by atoms with Gasteiger partial charge in [-0.15, -0.1) is 0 Å². The van der Waals surface area contributed by atoms with Crippen molar-refractivity contribution in [1.82, 2.24) is 9.88 Å². The third kappa shape index (κ3) is 7.18. The molecule has 0 spiro atoms. The zero-order valence-electron chi connectivity index (χ0n) is 20.6. The van der Waals surface area contributed by atoms with Crippen molar-refractivity contribution in [2.75, 3.05) is 25.4 Å². The Morgan fingerprint density at radius 1 is 1.03 bits per heavy atom. The molecule has 1 aromatic heterocycles. The molecular weight excluding hydrogens is 521 g/mol. The number of alkyl halides is 5. The lowest BCUT2D eigenvalue weighted by molar-refractivity contribution is -0.139. The molecule has 39 heavy (non-hydrogen) atoms. The van der Waals surface area contributed by atoms with Crippen molar-refractivity contribution in [2.45, 2.75) is 24.9 Å². The second-order valence-corrected chi connectivity index (χ2v) is 9.07. The van der Waals surface area contributed by atoms with Gasteiger partial charge in [0, 0.05) is 18.2 Å². The number of allylic oxidation sites excluding steroid dienone is 1. The maximum atomic E-state index is 13.8. The fraction of sp³-hybridized carbons (Fsp3) is 0.250. The molecule has 2 N–H and O–H groups in total. The highest BCUT2D eigenvalue weighted by Crippen LogP contribution is 2.39. The fourth-order valence-electron chi connectivity index (χ4n) is 3.92. The van der Waals surface area contributed by atoms with Crippen LogP contribution in [0.3, 0.4) is 0 Å². The first kappa shape index (κ1) is 27.7. The van der Waals surface area contributed by atoms with Gasteiger partial charge in [0.1, 0.15) is 11.6 Å². The van der Waals surface area contributed by atoms with Crippen LogP contribution in [-0.2, 0) is 11.0 Å². The molecule has 1 saturated heterocycles. The number of rotatable bonds is 9. The van der Waals surface area contributed by atoms with Crippen LogP contribution in [0, 0.1) is 0 Å². The van der Waals surface area contributed by atoms with Crippen molar-refractivity contribution in [3.05, 3.63) is 83.6 Å². The van der Waals surface area contributed by atoms with E-state index in [1.54, 1.807) is 18.2 Å². The maximum Gasteiger partial charge on any atom is 0.419 e. The van der Waals surface area contributed by atoms with Gasteiger partial charge in [-0.25, -0.2) is 13.8 Å². The number of pyridine rings is 1. The summed E-state index contributed by atoms with van der Waals surface area (Å²) in [5.74, 6) is -3.69. The molecule has 0 aliphatic carbocycles. The van der Waals surface area contributed by atoms with Crippen LogP contribution in [0.1, 0.15) is 34.3 Å². The minimum atomic E-state index is -4.70. The van der Waals surface area contributed by atoms with Crippen LogP contribution in [0.4, 0.5) is 27.8 Å². The SMILES string of the molecule is Nc1ccc(/C=C/C(=O)CCCOc2ccc(-c3ccc(C(=O)N4CC(F)(F)C4)cc3)cc2C(F)(F)F)cn1. The highest BCUT2D eigenvalue weighted by molar-refractivity contribution is 5.95. The zero-order valence-corrected chi connectivity index (χ0v) is 20.6. The first-order valence-corrected chi connectivity index (χ1v) is 12.0. The van der Waals surface area contributed by atoms with Gasteiger partial charge in [0.25, 0.3) is 11.8 Å². The predicted octanol–water partition coefficient (Wildman–Crippen LogP) is 5.88. The summed E-state index contributed by atoms with van der Waals surface area (Å²) in [6.45, 7) is -1.41. The lowest BCUT2D eigenvalue weighted by atomic mass is 10.00. The second kappa shape index (κ2) is 11.2. The van der Waals surface area contributed by atoms with Gasteiger partial charge in [0.15, 0.2) is 5.78 Å². The summed E-state index contributed by atoms with van der Waals surface area (Å²) in [5.41, 5.74) is 6.02. The third-order valence-corrected chi connectivity index (χ3v) is 5.98. The van der Waals surface area contributed by atoms with E-state index < -0.39 is 36.7 Å². The van der Waals surface area contributed by atoms with Crippen molar-refractivity contribution >= 4 is 23.6 Å². The van der Waals surface area contributed by atoms with Gasteiger partial charge in [0.2, 0.25) is 0 Å². The number of carbonyl (C=O) groups is 2. The Balaban J connectivity index is 1.36. The van der Waals surface area contributed by atoms with Gasteiger partial charge in [-0.2, -0.15) is 13.2 Å². The Kier molecular flexibility index (Phi) is 7.98. The highest BCUT2D eigenvalue weighted by Gasteiger charge is 2.46. The smallest absolute Gasteiger partial charge is 0.419 e. The van der Waals surface area contributed by atoms with Crippen LogP contribution >= 0.6 is 0 Å². The number of hydrogen-bond donors (Lipinski definition) is 1. The molecule has 3 aromatic rings. The van der Waals surface area contributed by atoms with E-state index in [1.165, 1.54) is 48.7 Å². The van der Waals surface area contributed by atoms with E-state index in [0.717, 1.165) is 11.0 Å². The largest absolute Gasteiger partial charge is 0.493 e. The van der Waals surface area contributed by atoms with Crippen LogP contribution in [-0.4, -0.2) is 47.2 Å². The Morgan fingerprint density at radius 3 is 2.33 bits per heavy atom. The Bertz CT molecular complexity index is 1360. The number of nitrogens with zero attached hydrogens (tertiary/aromatic N) is 2. The minimum Gasteiger partial charge on any atom is -0.493 e. The number of halogens is 5. The number of aromatic nitrogens is 1. The number of likely N-dealkylation sites (tertiary alicyclic amines) is 1. The molecule has 0 bridgehead atoms. The molecule has 204 valence electrons. The summed E-state index contributed by atoms with van der Waals surface area (Å²) in [5, 5.41) is 0. The first-order valence-electron chi connectivity index (χ1n) is 12.0. The van der Waals surface area contributed by atoms with E-state index in [0.29, 0.717) is 16.9 Å². The molecule has 0 atom stereocenters. The Morgan fingerprint density at radius 2 is 1.72 bits per heavy atom. The molecule has 2 heterocycles. The summed E-state index contributed by atoms with van der Waals surface area (Å²) in [4.78, 5) is 29.2. The lowest BCUT2D eigenvalue weighted by Gasteiger charge is -2.38. The molecule has 11 heteroatoms. The van der Waals surface area contributed by atoms with E-state index in [2.05, 4.69) is 4.98 Å². The Labute approximate surface area is 220 Å². The quantitative estimate of drug-likeness (QED) is 0.206. The maximum absolute atomic E-state index is 13.8. The van der Waals surface area contributed by atoms with Gasteiger partial charge in [-0.05, 0) is 71.7 Å². The number of carbonyl (C=O) groups excluding carboxylic acids is 2. The summed E-state index contributed by atoms with van der Waals surface area (Å²) < 4.78 is 72.7. The monoisotopic (exact) mass is 545 g/mol. The van der Waals surface area contributed by atoms with Crippen molar-refractivity contribution in [1.29, 1.82) is 0 Å².